The average molecular weight is 418 g/mol. The van der Waals surface area contributed by atoms with Gasteiger partial charge in [0.05, 0.1) is 12.8 Å². The van der Waals surface area contributed by atoms with E-state index in [-0.39, 0.29) is 53.3 Å². The van der Waals surface area contributed by atoms with Crippen molar-refractivity contribution < 1.29 is 36.2 Å². The van der Waals surface area contributed by atoms with Gasteiger partial charge >= 0.3 is 0 Å². The van der Waals surface area contributed by atoms with E-state index in [9.17, 15) is 19.2 Å². The van der Waals surface area contributed by atoms with Gasteiger partial charge in [0, 0.05) is 28.4 Å². The molecule has 0 bridgehead atoms. The first-order valence-electron chi connectivity index (χ1n) is 8.05. The van der Waals surface area contributed by atoms with E-state index >= 15 is 0 Å². The first-order valence-corrected chi connectivity index (χ1v) is 8.05. The van der Waals surface area contributed by atoms with Gasteiger partial charge in [0.15, 0.2) is 0 Å². The fraction of sp³-hybridized carbons (Fsp3) is 0.200. The zero-order valence-electron chi connectivity index (χ0n) is 15.1. The second-order valence-corrected chi connectivity index (χ2v) is 5.59. The normalized spacial score (nSPS) is 8.96. The number of hydrogen-bond acceptors (Lipinski definition) is 4. The molecule has 27 heavy (non-hydrogen) atoms. The Kier molecular flexibility index (Phi) is 12.1. The topological polar surface area (TPSA) is 92.3 Å². The van der Waals surface area contributed by atoms with Crippen LogP contribution in [0.3, 0.4) is 0 Å². The summed E-state index contributed by atoms with van der Waals surface area (Å²) in [5.41, 5.74) is 1.43. The maximum Gasteiger partial charge on any atom is 0.231 e. The molecule has 0 atom stereocenters. The Morgan fingerprint density at radius 2 is 0.926 bits per heavy atom. The molecule has 2 N–H and O–H groups in total. The fourth-order valence-corrected chi connectivity index (χ4v) is 1.91. The number of nitrogens with one attached hydrogen (secondary N) is 2. The number of amides is 2. The molecule has 2 aromatic carbocycles. The molecule has 0 aromatic heterocycles. The summed E-state index contributed by atoms with van der Waals surface area (Å²) in [4.78, 5) is 43.3. The second kappa shape index (κ2) is 13.4. The van der Waals surface area contributed by atoms with Crippen molar-refractivity contribution in [1.29, 1.82) is 0 Å². The summed E-state index contributed by atoms with van der Waals surface area (Å²) in [6.45, 7) is 2.79. The number of ketones is 2. The minimum absolute atomic E-state index is 0. The van der Waals surface area contributed by atoms with Gasteiger partial charge in [-0.3, -0.25) is 19.2 Å². The van der Waals surface area contributed by atoms with Gasteiger partial charge in [-0.2, -0.15) is 0 Å². The number of para-hydroxylation sites is 2. The molecule has 2 rings (SSSR count). The van der Waals surface area contributed by atoms with E-state index in [1.807, 2.05) is 36.4 Å². The summed E-state index contributed by atoms with van der Waals surface area (Å²) >= 11 is 0. The molecule has 0 spiro atoms. The Morgan fingerprint density at radius 3 is 1.19 bits per heavy atom. The van der Waals surface area contributed by atoms with E-state index in [0.717, 1.165) is 0 Å². The summed E-state index contributed by atoms with van der Waals surface area (Å²) in [5, 5.41) is 5.23. The number of benzene rings is 2. The minimum Gasteiger partial charge on any atom is -0.326 e. The number of Topliss-reactive ketones (excluding diaryl/α,β-unsaturated/α-hetero) is 2. The molecule has 0 fully saturated rings. The third-order valence-electron chi connectivity index (χ3n) is 2.93. The quantitative estimate of drug-likeness (QED) is 0.557. The van der Waals surface area contributed by atoms with E-state index in [1.54, 1.807) is 24.3 Å². The molecule has 0 saturated carbocycles. The molecule has 0 aliphatic heterocycles. The number of anilines is 2. The van der Waals surface area contributed by atoms with E-state index in [1.165, 1.54) is 13.8 Å². The third-order valence-corrected chi connectivity index (χ3v) is 2.93. The van der Waals surface area contributed by atoms with Crippen molar-refractivity contribution in [1.82, 2.24) is 0 Å². The van der Waals surface area contributed by atoms with Crippen LogP contribution in [0.4, 0.5) is 11.4 Å². The van der Waals surface area contributed by atoms with Crippen molar-refractivity contribution >= 4 is 34.8 Å². The summed E-state index contributed by atoms with van der Waals surface area (Å²) in [6, 6.07) is 18.1. The van der Waals surface area contributed by atoms with Crippen molar-refractivity contribution in [2.75, 3.05) is 10.6 Å². The van der Waals surface area contributed by atoms with Crippen LogP contribution in [0.5, 0.6) is 0 Å². The third kappa shape index (κ3) is 12.3. The number of hydrogen-bond donors (Lipinski definition) is 2. The van der Waals surface area contributed by atoms with Crippen LogP contribution < -0.4 is 10.6 Å². The van der Waals surface area contributed by atoms with Crippen LogP contribution in [0.15, 0.2) is 60.7 Å². The van der Waals surface area contributed by atoms with E-state index in [4.69, 9.17) is 0 Å². The first-order chi connectivity index (χ1) is 12.4. The van der Waals surface area contributed by atoms with Gasteiger partial charge in [0.2, 0.25) is 11.8 Å². The molecule has 0 saturated heterocycles. The second-order valence-electron chi connectivity index (χ2n) is 5.59. The molecule has 2 amide bonds. The predicted molar refractivity (Wildman–Crippen MR) is 101 cm³/mol. The van der Waals surface area contributed by atoms with Crippen LogP contribution in [0.1, 0.15) is 26.7 Å². The van der Waals surface area contributed by atoms with Gasteiger partial charge < -0.3 is 10.6 Å². The molecule has 7 heteroatoms. The Hall–Kier alpha value is -2.76. The number of rotatable bonds is 6. The largest absolute Gasteiger partial charge is 0.326 e. The molecule has 6 nitrogen and oxygen atoms in total. The molecular weight excluding hydrogens is 396 g/mol. The first kappa shape index (κ1) is 24.2. The Morgan fingerprint density at radius 1 is 0.630 bits per heavy atom. The van der Waals surface area contributed by atoms with Crippen molar-refractivity contribution in [2.45, 2.75) is 26.7 Å². The maximum absolute atomic E-state index is 11.1. The smallest absolute Gasteiger partial charge is 0.231 e. The molecular formula is C20H22CuN2O4. The van der Waals surface area contributed by atoms with Gasteiger partial charge in [-0.15, -0.1) is 0 Å². The molecule has 0 aliphatic carbocycles. The van der Waals surface area contributed by atoms with Crippen molar-refractivity contribution in [3.8, 4) is 0 Å². The monoisotopic (exact) mass is 417 g/mol. The van der Waals surface area contributed by atoms with Crippen molar-refractivity contribution in [3.63, 3.8) is 0 Å². The van der Waals surface area contributed by atoms with E-state index in [0.29, 0.717) is 11.4 Å². The summed E-state index contributed by atoms with van der Waals surface area (Å²) < 4.78 is 0. The Labute approximate surface area is 169 Å². The van der Waals surface area contributed by atoms with Crippen LogP contribution in [-0.4, -0.2) is 23.4 Å². The summed E-state index contributed by atoms with van der Waals surface area (Å²) in [6.07, 6.45) is -0.121. The zero-order chi connectivity index (χ0) is 19.4. The molecule has 0 heterocycles. The Balaban J connectivity index is 0.000000483. The van der Waals surface area contributed by atoms with E-state index in [2.05, 4.69) is 10.6 Å². The SMILES string of the molecule is CC(=O)CC(=O)Nc1ccccc1.CC(=O)CC(=O)Nc1ccccc1.[Cu]. The van der Waals surface area contributed by atoms with Gasteiger partial charge in [0.25, 0.3) is 0 Å². The van der Waals surface area contributed by atoms with Gasteiger partial charge in [-0.05, 0) is 38.1 Å². The molecule has 0 unspecified atom stereocenters. The minimum atomic E-state index is -0.265. The predicted octanol–water partition coefficient (Wildman–Crippen LogP) is 3.21. The van der Waals surface area contributed by atoms with Crippen LogP contribution in [0.25, 0.3) is 0 Å². The van der Waals surface area contributed by atoms with Crippen molar-refractivity contribution in [2.24, 2.45) is 0 Å². The van der Waals surface area contributed by atoms with Crippen LogP contribution in [0, 0.1) is 0 Å². The number of carbonyl (C=O) groups excluding carboxylic acids is 4. The molecule has 147 valence electrons. The average Bonchev–Trinajstić information content (AvgIpc) is 2.55. The van der Waals surface area contributed by atoms with Crippen LogP contribution in [0.2, 0.25) is 0 Å². The standard InChI is InChI=1S/2C10H11NO2.Cu/c2*1-8(12)7-10(13)11-9-5-3-2-4-6-9;/h2*2-6H,7H2,1H3,(H,11,13);. The zero-order valence-corrected chi connectivity index (χ0v) is 16.1. The fourth-order valence-electron chi connectivity index (χ4n) is 1.91. The van der Waals surface area contributed by atoms with Gasteiger partial charge in [0.1, 0.15) is 11.6 Å². The Bertz CT molecular complexity index is 684. The molecule has 0 aliphatic rings. The van der Waals surface area contributed by atoms with Crippen molar-refractivity contribution in [3.05, 3.63) is 60.7 Å². The maximum atomic E-state index is 11.1. The van der Waals surface area contributed by atoms with Crippen LogP contribution >= 0.6 is 0 Å². The van der Waals surface area contributed by atoms with E-state index < -0.39 is 0 Å². The molecule has 2 aromatic rings. The molecule has 1 radical (unpaired) electrons. The van der Waals surface area contributed by atoms with Gasteiger partial charge in [-0.1, -0.05) is 36.4 Å². The summed E-state index contributed by atoms with van der Waals surface area (Å²) in [5.74, 6) is -0.792. The van der Waals surface area contributed by atoms with Crippen LogP contribution in [-0.2, 0) is 36.2 Å². The number of carbonyl (C=O) groups is 4. The summed E-state index contributed by atoms with van der Waals surface area (Å²) in [7, 11) is 0. The van der Waals surface area contributed by atoms with Gasteiger partial charge in [-0.25, -0.2) is 0 Å².